The SMILES string of the molecule is Br.CCCOc1c(C(=O)O)cc(C(=O)CN2Cc3cc(OCC)c(OCC)c(F)c3C2=N)cc1C(C)(C)C. The zero-order valence-corrected chi connectivity index (χ0v) is 24.4. The molecule has 0 aliphatic carbocycles. The fourth-order valence-corrected chi connectivity index (χ4v) is 4.29. The number of Topliss-reactive ketones (excluding diaryl/α,β-unsaturated/α-hetero) is 1. The van der Waals surface area contributed by atoms with Crippen LogP contribution in [0.5, 0.6) is 17.2 Å². The molecule has 0 atom stereocenters. The Morgan fingerprint density at radius 1 is 1.05 bits per heavy atom. The fraction of sp³-hybridized carbons (Fsp3) is 0.464. The number of nitrogens with zero attached hydrogens (tertiary/aromatic N) is 1. The molecule has 0 saturated carbocycles. The molecule has 0 aromatic heterocycles. The molecule has 0 saturated heterocycles. The van der Waals surface area contributed by atoms with Crippen molar-refractivity contribution in [1.82, 2.24) is 4.90 Å². The summed E-state index contributed by atoms with van der Waals surface area (Å²) >= 11 is 0. The molecule has 0 unspecified atom stereocenters. The second-order valence-electron chi connectivity index (χ2n) is 9.85. The average molecular weight is 596 g/mol. The molecule has 1 aliphatic heterocycles. The van der Waals surface area contributed by atoms with Crippen LogP contribution in [0, 0.1) is 11.2 Å². The molecule has 1 aliphatic rings. The highest BCUT2D eigenvalue weighted by atomic mass is 79.9. The number of hydrogen-bond acceptors (Lipinski definition) is 6. The van der Waals surface area contributed by atoms with Crippen LogP contribution in [0.4, 0.5) is 4.39 Å². The van der Waals surface area contributed by atoms with Gasteiger partial charge in [-0.1, -0.05) is 27.7 Å². The first-order valence-corrected chi connectivity index (χ1v) is 12.5. The van der Waals surface area contributed by atoms with Gasteiger partial charge in [-0.15, -0.1) is 17.0 Å². The van der Waals surface area contributed by atoms with Gasteiger partial charge in [-0.05, 0) is 49.4 Å². The van der Waals surface area contributed by atoms with Crippen LogP contribution in [-0.2, 0) is 12.0 Å². The molecule has 0 spiro atoms. The first kappa shape index (κ1) is 31.1. The quantitative estimate of drug-likeness (QED) is 0.307. The van der Waals surface area contributed by atoms with Gasteiger partial charge < -0.3 is 24.2 Å². The van der Waals surface area contributed by atoms with Crippen LogP contribution in [0.25, 0.3) is 0 Å². The monoisotopic (exact) mass is 594 g/mol. The minimum atomic E-state index is -1.19. The number of fused-ring (bicyclic) bond motifs is 1. The second-order valence-corrected chi connectivity index (χ2v) is 9.85. The topological polar surface area (TPSA) is 109 Å². The van der Waals surface area contributed by atoms with E-state index in [4.69, 9.17) is 19.6 Å². The Morgan fingerprint density at radius 2 is 1.71 bits per heavy atom. The van der Waals surface area contributed by atoms with Crippen molar-refractivity contribution in [2.45, 2.75) is 59.9 Å². The van der Waals surface area contributed by atoms with Crippen LogP contribution in [0.3, 0.4) is 0 Å². The molecule has 0 amide bonds. The Kier molecular flexibility index (Phi) is 10.3. The van der Waals surface area contributed by atoms with Crippen molar-refractivity contribution in [1.29, 1.82) is 5.41 Å². The molecular weight excluding hydrogens is 559 g/mol. The fourth-order valence-electron chi connectivity index (χ4n) is 4.29. The molecule has 2 N–H and O–H groups in total. The largest absolute Gasteiger partial charge is 0.492 e. The minimum absolute atomic E-state index is 0. The highest BCUT2D eigenvalue weighted by Crippen LogP contribution is 2.39. The maximum atomic E-state index is 15.4. The summed E-state index contributed by atoms with van der Waals surface area (Å²) < 4.78 is 32.2. The summed E-state index contributed by atoms with van der Waals surface area (Å²) in [4.78, 5) is 26.9. The normalized spacial score (nSPS) is 12.6. The third kappa shape index (κ3) is 6.28. The number of carboxylic acids is 1. The summed E-state index contributed by atoms with van der Waals surface area (Å²) in [5, 5.41) is 18.4. The first-order valence-electron chi connectivity index (χ1n) is 12.5. The third-order valence-corrected chi connectivity index (χ3v) is 6.01. The van der Waals surface area contributed by atoms with E-state index in [0.717, 1.165) is 0 Å². The highest BCUT2D eigenvalue weighted by molar-refractivity contribution is 8.93. The molecule has 8 nitrogen and oxygen atoms in total. The number of nitrogens with one attached hydrogen (secondary N) is 1. The first-order chi connectivity index (χ1) is 17.4. The summed E-state index contributed by atoms with van der Waals surface area (Å²) in [6, 6.07) is 4.62. The summed E-state index contributed by atoms with van der Waals surface area (Å²) in [5.74, 6) is -1.95. The number of ketones is 1. The molecule has 10 heteroatoms. The van der Waals surface area contributed by atoms with Gasteiger partial charge in [0.15, 0.2) is 23.1 Å². The van der Waals surface area contributed by atoms with Crippen LogP contribution in [-0.4, -0.2) is 54.0 Å². The Morgan fingerprint density at radius 3 is 2.26 bits per heavy atom. The van der Waals surface area contributed by atoms with Crippen molar-refractivity contribution in [2.75, 3.05) is 26.4 Å². The van der Waals surface area contributed by atoms with Crippen molar-refractivity contribution in [3.05, 3.63) is 51.8 Å². The minimum Gasteiger partial charge on any atom is -0.492 e. The van der Waals surface area contributed by atoms with Crippen molar-refractivity contribution < 1.29 is 33.3 Å². The van der Waals surface area contributed by atoms with E-state index in [9.17, 15) is 14.7 Å². The molecule has 3 rings (SSSR count). The van der Waals surface area contributed by atoms with Crippen molar-refractivity contribution in [3.63, 3.8) is 0 Å². The number of hydrogen-bond donors (Lipinski definition) is 2. The number of carbonyl (C=O) groups is 2. The van der Waals surface area contributed by atoms with E-state index in [2.05, 4.69) is 0 Å². The van der Waals surface area contributed by atoms with Gasteiger partial charge in [0.05, 0.1) is 31.9 Å². The van der Waals surface area contributed by atoms with Gasteiger partial charge in [0, 0.05) is 17.7 Å². The Hall–Kier alpha value is -3.14. The molecule has 38 heavy (non-hydrogen) atoms. The van der Waals surface area contributed by atoms with Crippen molar-refractivity contribution in [3.8, 4) is 17.2 Å². The second kappa shape index (κ2) is 12.6. The summed E-state index contributed by atoms with van der Waals surface area (Å²) in [7, 11) is 0. The lowest BCUT2D eigenvalue weighted by atomic mass is 9.83. The van der Waals surface area contributed by atoms with Gasteiger partial charge >= 0.3 is 5.97 Å². The van der Waals surface area contributed by atoms with Crippen molar-refractivity contribution in [2.24, 2.45) is 0 Å². The lowest BCUT2D eigenvalue weighted by Gasteiger charge is -2.25. The number of halogens is 2. The zero-order valence-electron chi connectivity index (χ0n) is 22.7. The Balaban J connectivity index is 0.00000507. The number of ether oxygens (including phenoxy) is 3. The van der Waals surface area contributed by atoms with Gasteiger partial charge in [-0.25, -0.2) is 9.18 Å². The van der Waals surface area contributed by atoms with Gasteiger partial charge in [0.1, 0.15) is 17.1 Å². The van der Waals surface area contributed by atoms with Crippen LogP contribution >= 0.6 is 17.0 Å². The molecule has 0 bridgehead atoms. The van der Waals surface area contributed by atoms with E-state index in [1.54, 1.807) is 26.0 Å². The predicted octanol–water partition coefficient (Wildman–Crippen LogP) is 6.01. The third-order valence-electron chi connectivity index (χ3n) is 6.01. The molecule has 1 heterocycles. The summed E-state index contributed by atoms with van der Waals surface area (Å²) in [6.45, 7) is 12.0. The van der Waals surface area contributed by atoms with Crippen LogP contribution < -0.4 is 14.2 Å². The number of aromatic carboxylic acids is 1. The van der Waals surface area contributed by atoms with Crippen molar-refractivity contribution >= 4 is 34.6 Å². The summed E-state index contributed by atoms with van der Waals surface area (Å²) in [6.07, 6.45) is 0.702. The number of amidine groups is 1. The Bertz CT molecular complexity index is 1230. The van der Waals surface area contributed by atoms with Gasteiger partial charge in [-0.2, -0.15) is 0 Å². The standard InChI is InChI=1S/C28H35FN2O6.BrH/c1-7-10-37-24-18(27(33)34)11-16(12-19(24)28(4,5)6)20(32)15-31-14-17-13-21(35-8-2)25(36-9-3)23(29)22(17)26(31)30;/h11-13,30H,7-10,14-15H2,1-6H3,(H,33,34);1H. The van der Waals surface area contributed by atoms with E-state index in [-0.39, 0.29) is 82.2 Å². The van der Waals surface area contributed by atoms with Gasteiger partial charge in [-0.3, -0.25) is 10.2 Å². The molecule has 0 fully saturated rings. The van der Waals surface area contributed by atoms with E-state index in [0.29, 0.717) is 30.8 Å². The van der Waals surface area contributed by atoms with Crippen LogP contribution in [0.2, 0.25) is 0 Å². The maximum Gasteiger partial charge on any atom is 0.339 e. The van der Waals surface area contributed by atoms with E-state index in [1.165, 1.54) is 11.0 Å². The smallest absolute Gasteiger partial charge is 0.339 e. The van der Waals surface area contributed by atoms with E-state index >= 15 is 4.39 Å². The molecule has 2 aromatic carbocycles. The summed E-state index contributed by atoms with van der Waals surface area (Å²) in [5.41, 5.74) is 0.821. The number of rotatable bonds is 11. The van der Waals surface area contributed by atoms with Crippen LogP contribution in [0.1, 0.15) is 85.4 Å². The number of carbonyl (C=O) groups excluding carboxylic acids is 1. The Labute approximate surface area is 233 Å². The number of carboxylic acid groups (broad SMARTS) is 1. The van der Waals surface area contributed by atoms with Crippen LogP contribution in [0.15, 0.2) is 18.2 Å². The lowest BCUT2D eigenvalue weighted by Crippen LogP contribution is -2.31. The van der Waals surface area contributed by atoms with Gasteiger partial charge in [0.2, 0.25) is 0 Å². The predicted molar refractivity (Wildman–Crippen MR) is 149 cm³/mol. The van der Waals surface area contributed by atoms with E-state index in [1.807, 2.05) is 27.7 Å². The lowest BCUT2D eigenvalue weighted by molar-refractivity contribution is 0.0691. The molecular formula is C28H36BrFN2O6. The zero-order chi connectivity index (χ0) is 27.5. The molecule has 0 radical (unpaired) electrons. The maximum absolute atomic E-state index is 15.4. The van der Waals surface area contributed by atoms with E-state index < -0.39 is 17.2 Å². The molecule has 208 valence electrons. The highest BCUT2D eigenvalue weighted by Gasteiger charge is 2.34. The molecule has 2 aromatic rings. The van der Waals surface area contributed by atoms with Gasteiger partial charge in [0.25, 0.3) is 0 Å². The average Bonchev–Trinajstić information content (AvgIpc) is 3.13. The number of benzene rings is 2.